The molecule has 2 aromatic rings. The minimum absolute atomic E-state index is 0.0601. The first-order chi connectivity index (χ1) is 11.3. The van der Waals surface area contributed by atoms with Crippen LogP contribution in [-0.4, -0.2) is 26.9 Å². The average molecular weight is 365 g/mol. The Labute approximate surface area is 146 Å². The number of benzene rings is 2. The molecule has 0 fully saturated rings. The van der Waals surface area contributed by atoms with Crippen LogP contribution >= 0.6 is 11.6 Å². The zero-order chi connectivity index (χ0) is 17.5. The second-order valence-electron chi connectivity index (χ2n) is 5.69. The predicted octanol–water partition coefficient (Wildman–Crippen LogP) is 3.29. The highest BCUT2D eigenvalue weighted by molar-refractivity contribution is 7.93. The van der Waals surface area contributed by atoms with E-state index in [2.05, 4.69) is 0 Å². The van der Waals surface area contributed by atoms with Crippen molar-refractivity contribution in [2.75, 3.05) is 15.7 Å². The zero-order valence-electron chi connectivity index (χ0n) is 13.3. The number of hydrogen-bond acceptors (Lipinski definition) is 3. The van der Waals surface area contributed by atoms with Crippen LogP contribution in [0.3, 0.4) is 0 Å². The molecule has 0 saturated heterocycles. The molecule has 2 aromatic carbocycles. The van der Waals surface area contributed by atoms with E-state index in [-0.39, 0.29) is 28.4 Å². The fourth-order valence-electron chi connectivity index (χ4n) is 3.02. The zero-order valence-corrected chi connectivity index (χ0v) is 14.9. The maximum absolute atomic E-state index is 13.1. The lowest BCUT2D eigenvalue weighted by Crippen LogP contribution is -2.51. The van der Waals surface area contributed by atoms with Gasteiger partial charge in [-0.05, 0) is 31.2 Å². The first kappa shape index (κ1) is 16.8. The lowest BCUT2D eigenvalue weighted by molar-refractivity contribution is -0.117. The third kappa shape index (κ3) is 2.65. The fraction of sp³-hybridized carbons (Fsp3) is 0.235. The van der Waals surface area contributed by atoms with Crippen molar-refractivity contribution < 1.29 is 13.2 Å². The summed E-state index contributed by atoms with van der Waals surface area (Å²) in [4.78, 5) is 13.7. The largest absolute Gasteiger partial charge is 0.306 e. The molecule has 0 unspecified atom stereocenters. The van der Waals surface area contributed by atoms with Crippen LogP contribution in [0.2, 0.25) is 5.02 Å². The fourth-order valence-corrected chi connectivity index (χ4v) is 5.07. The van der Waals surface area contributed by atoms with E-state index < -0.39 is 10.0 Å². The summed E-state index contributed by atoms with van der Waals surface area (Å²) in [5.74, 6) is -0.121. The maximum atomic E-state index is 13.1. The van der Waals surface area contributed by atoms with E-state index in [4.69, 9.17) is 11.6 Å². The summed E-state index contributed by atoms with van der Waals surface area (Å²) < 4.78 is 27.6. The van der Waals surface area contributed by atoms with Crippen molar-refractivity contribution in [3.8, 4) is 0 Å². The van der Waals surface area contributed by atoms with Gasteiger partial charge in [-0.2, -0.15) is 0 Å². The number of rotatable bonds is 2. The van der Waals surface area contributed by atoms with E-state index in [0.717, 1.165) is 0 Å². The van der Waals surface area contributed by atoms with Crippen LogP contribution in [0.1, 0.15) is 13.8 Å². The highest BCUT2D eigenvalue weighted by Crippen LogP contribution is 2.39. The van der Waals surface area contributed by atoms with Crippen molar-refractivity contribution in [1.29, 1.82) is 0 Å². The number of amides is 1. The van der Waals surface area contributed by atoms with Crippen LogP contribution in [-0.2, 0) is 14.8 Å². The van der Waals surface area contributed by atoms with Gasteiger partial charge in [0.25, 0.3) is 10.0 Å². The van der Waals surface area contributed by atoms with E-state index >= 15 is 0 Å². The Morgan fingerprint density at radius 1 is 1.08 bits per heavy atom. The topological polar surface area (TPSA) is 57.7 Å². The first-order valence-corrected chi connectivity index (χ1v) is 9.32. The Morgan fingerprint density at radius 3 is 2.29 bits per heavy atom. The number of nitrogens with zero attached hydrogens (tertiary/aromatic N) is 2. The normalized spacial score (nSPS) is 17.5. The number of anilines is 2. The number of para-hydroxylation sites is 2. The van der Waals surface area contributed by atoms with Crippen molar-refractivity contribution in [2.45, 2.75) is 24.8 Å². The van der Waals surface area contributed by atoms with E-state index in [1.54, 1.807) is 47.4 Å². The van der Waals surface area contributed by atoms with Gasteiger partial charge in [-0.1, -0.05) is 35.9 Å². The van der Waals surface area contributed by atoms with Gasteiger partial charge in [0.1, 0.15) is 4.90 Å². The van der Waals surface area contributed by atoms with E-state index in [1.807, 2.05) is 6.92 Å². The molecule has 24 heavy (non-hydrogen) atoms. The van der Waals surface area contributed by atoms with Crippen LogP contribution in [0.15, 0.2) is 53.4 Å². The number of carbonyl (C=O) groups excluding carboxylic acids is 1. The lowest BCUT2D eigenvalue weighted by atomic mass is 10.1. The van der Waals surface area contributed by atoms with Crippen molar-refractivity contribution in [1.82, 2.24) is 0 Å². The molecule has 126 valence electrons. The van der Waals surface area contributed by atoms with Gasteiger partial charge in [0, 0.05) is 6.92 Å². The van der Waals surface area contributed by atoms with Crippen molar-refractivity contribution in [3.63, 3.8) is 0 Å². The summed E-state index contributed by atoms with van der Waals surface area (Å²) >= 11 is 6.10. The van der Waals surface area contributed by atoms with Gasteiger partial charge in [0.15, 0.2) is 0 Å². The molecule has 0 spiro atoms. The van der Waals surface area contributed by atoms with Gasteiger partial charge in [-0.25, -0.2) is 8.42 Å². The Balaban J connectivity index is 2.17. The van der Waals surface area contributed by atoms with Gasteiger partial charge in [0.05, 0.1) is 29.0 Å². The van der Waals surface area contributed by atoms with Crippen LogP contribution < -0.4 is 9.21 Å². The lowest BCUT2D eigenvalue weighted by Gasteiger charge is -2.41. The summed E-state index contributed by atoms with van der Waals surface area (Å²) in [6.45, 7) is 3.47. The molecule has 1 aliphatic heterocycles. The summed E-state index contributed by atoms with van der Waals surface area (Å²) in [6, 6.07) is 13.1. The molecule has 5 nitrogen and oxygen atoms in total. The van der Waals surface area contributed by atoms with Crippen LogP contribution in [0.25, 0.3) is 0 Å². The maximum Gasteiger partial charge on any atom is 0.265 e. The third-order valence-corrected chi connectivity index (χ3v) is 6.30. The SMILES string of the molecule is CC(=O)N1c2ccccc2N(S(=O)(=O)c2ccccc2Cl)C[C@@H]1C. The molecule has 0 bridgehead atoms. The second kappa shape index (κ2) is 6.11. The quantitative estimate of drug-likeness (QED) is 0.821. The predicted molar refractivity (Wildman–Crippen MR) is 95.0 cm³/mol. The highest BCUT2D eigenvalue weighted by atomic mass is 35.5. The monoisotopic (exact) mass is 364 g/mol. The van der Waals surface area contributed by atoms with Gasteiger partial charge >= 0.3 is 0 Å². The molecule has 0 radical (unpaired) electrons. The number of halogens is 1. The van der Waals surface area contributed by atoms with Crippen molar-refractivity contribution in [3.05, 3.63) is 53.6 Å². The Morgan fingerprint density at radius 2 is 1.67 bits per heavy atom. The van der Waals surface area contributed by atoms with E-state index in [9.17, 15) is 13.2 Å². The summed E-state index contributed by atoms with van der Waals surface area (Å²) in [5.41, 5.74) is 1.06. The number of fused-ring (bicyclic) bond motifs is 1. The molecule has 0 aromatic heterocycles. The van der Waals surface area contributed by atoms with Crippen LogP contribution in [0.4, 0.5) is 11.4 Å². The molecule has 0 saturated carbocycles. The average Bonchev–Trinajstić information content (AvgIpc) is 2.53. The van der Waals surface area contributed by atoms with Gasteiger partial charge in [-0.3, -0.25) is 9.10 Å². The Bertz CT molecular complexity index is 898. The molecule has 1 amide bonds. The number of hydrogen-bond donors (Lipinski definition) is 0. The summed E-state index contributed by atoms with van der Waals surface area (Å²) in [7, 11) is -3.82. The minimum atomic E-state index is -3.82. The van der Waals surface area contributed by atoms with Crippen LogP contribution in [0.5, 0.6) is 0 Å². The molecule has 1 atom stereocenters. The van der Waals surface area contributed by atoms with Crippen LogP contribution in [0, 0.1) is 0 Å². The number of carbonyl (C=O) groups is 1. The van der Waals surface area contributed by atoms with E-state index in [1.165, 1.54) is 17.3 Å². The van der Waals surface area contributed by atoms with Gasteiger partial charge in [-0.15, -0.1) is 0 Å². The summed E-state index contributed by atoms with van der Waals surface area (Å²) in [5, 5.41) is 0.177. The van der Waals surface area contributed by atoms with Gasteiger partial charge in [0.2, 0.25) is 5.91 Å². The van der Waals surface area contributed by atoms with Crippen molar-refractivity contribution >= 4 is 38.9 Å². The smallest absolute Gasteiger partial charge is 0.265 e. The van der Waals surface area contributed by atoms with Crippen molar-refractivity contribution in [2.24, 2.45) is 0 Å². The second-order valence-corrected chi connectivity index (χ2v) is 7.93. The minimum Gasteiger partial charge on any atom is -0.306 e. The molecular weight excluding hydrogens is 348 g/mol. The summed E-state index contributed by atoms with van der Waals surface area (Å²) in [6.07, 6.45) is 0. The molecule has 3 rings (SSSR count). The standard InChI is InChI=1S/C17H17ClN2O3S/c1-12-11-19(24(22,23)17-10-6-3-7-14(17)18)15-8-4-5-9-16(15)20(12)13(2)21/h3-10,12H,11H2,1-2H3/t12-/m0/s1. The third-order valence-electron chi connectivity index (χ3n) is 4.02. The van der Waals surface area contributed by atoms with E-state index in [0.29, 0.717) is 11.4 Å². The molecule has 7 heteroatoms. The molecule has 0 aliphatic carbocycles. The molecule has 0 N–H and O–H groups in total. The first-order valence-electron chi connectivity index (χ1n) is 7.50. The Hall–Kier alpha value is -2.05. The molecule has 1 aliphatic rings. The highest BCUT2D eigenvalue weighted by Gasteiger charge is 2.37. The van der Waals surface area contributed by atoms with Gasteiger partial charge < -0.3 is 4.90 Å². The number of sulfonamides is 1. The Kier molecular flexibility index (Phi) is 4.27. The molecule has 1 heterocycles. The molecular formula is C17H17ClN2O3S.